The average molecular weight is 332 g/mol. The molecule has 7 heteroatoms. The second-order valence-electron chi connectivity index (χ2n) is 5.93. The molecule has 0 radical (unpaired) electrons. The fourth-order valence-corrected chi connectivity index (χ4v) is 3.74. The van der Waals surface area contributed by atoms with Crippen molar-refractivity contribution >= 4 is 23.2 Å². The lowest BCUT2D eigenvalue weighted by Crippen LogP contribution is -2.30. The molecular weight excluding hydrogens is 312 g/mol. The normalized spacial score (nSPS) is 18.2. The van der Waals surface area contributed by atoms with E-state index in [2.05, 4.69) is 17.0 Å². The molecule has 0 saturated carbocycles. The van der Waals surface area contributed by atoms with Gasteiger partial charge in [0.05, 0.1) is 29.4 Å². The molecule has 122 valence electrons. The molecule has 1 atom stereocenters. The van der Waals surface area contributed by atoms with Crippen LogP contribution in [-0.2, 0) is 36.0 Å². The van der Waals surface area contributed by atoms with Crippen LogP contribution >= 0.6 is 11.3 Å². The molecule has 2 aromatic heterocycles. The fourth-order valence-electron chi connectivity index (χ4n) is 2.85. The highest BCUT2D eigenvalue weighted by atomic mass is 32.1. The van der Waals surface area contributed by atoms with Crippen molar-refractivity contribution in [3.8, 4) is 0 Å². The van der Waals surface area contributed by atoms with E-state index in [-0.39, 0.29) is 24.2 Å². The maximum absolute atomic E-state index is 12.5. The number of aromatic nitrogens is 3. The van der Waals surface area contributed by atoms with E-state index in [4.69, 9.17) is 0 Å². The van der Waals surface area contributed by atoms with Gasteiger partial charge in [0.2, 0.25) is 11.8 Å². The van der Waals surface area contributed by atoms with Crippen LogP contribution in [0.5, 0.6) is 0 Å². The Morgan fingerprint density at radius 2 is 2.22 bits per heavy atom. The van der Waals surface area contributed by atoms with Gasteiger partial charge in [-0.25, -0.2) is 4.98 Å². The summed E-state index contributed by atoms with van der Waals surface area (Å²) >= 11 is 1.59. The van der Waals surface area contributed by atoms with Gasteiger partial charge in [0.25, 0.3) is 0 Å². The summed E-state index contributed by atoms with van der Waals surface area (Å²) in [4.78, 5) is 30.6. The Hall–Kier alpha value is -2.02. The number of imide groups is 1. The monoisotopic (exact) mass is 332 g/mol. The van der Waals surface area contributed by atoms with Crippen molar-refractivity contribution in [3.05, 3.63) is 34.0 Å². The molecule has 1 saturated heterocycles. The molecule has 3 heterocycles. The number of thiazole rings is 1. The molecule has 0 unspecified atom stereocenters. The number of carbonyl (C=O) groups is 2. The molecule has 1 aliphatic heterocycles. The first-order valence-corrected chi connectivity index (χ1v) is 8.69. The number of rotatable bonds is 6. The topological polar surface area (TPSA) is 68.1 Å². The number of aryl methyl sites for hydroxylation is 2. The Morgan fingerprint density at radius 1 is 1.39 bits per heavy atom. The third kappa shape index (κ3) is 3.50. The quantitative estimate of drug-likeness (QED) is 0.758. The SMILES string of the molecule is CCCc1nc(CN2C(=O)C[C@H](Cc3cnn(C)c3)C2=O)cs1. The van der Waals surface area contributed by atoms with Gasteiger partial charge in [0.15, 0.2) is 0 Å². The number of hydrogen-bond acceptors (Lipinski definition) is 5. The summed E-state index contributed by atoms with van der Waals surface area (Å²) in [7, 11) is 1.84. The lowest BCUT2D eigenvalue weighted by molar-refractivity contribution is -0.140. The Bertz CT molecular complexity index is 721. The van der Waals surface area contributed by atoms with Gasteiger partial charge in [-0.1, -0.05) is 6.92 Å². The largest absolute Gasteiger partial charge is 0.276 e. The summed E-state index contributed by atoms with van der Waals surface area (Å²) < 4.78 is 1.71. The van der Waals surface area contributed by atoms with Gasteiger partial charge in [-0.15, -0.1) is 11.3 Å². The summed E-state index contributed by atoms with van der Waals surface area (Å²) in [6.45, 7) is 2.40. The molecule has 2 amide bonds. The fraction of sp³-hybridized carbons (Fsp3) is 0.500. The minimum Gasteiger partial charge on any atom is -0.276 e. The van der Waals surface area contributed by atoms with E-state index in [9.17, 15) is 9.59 Å². The highest BCUT2D eigenvalue weighted by Crippen LogP contribution is 2.25. The van der Waals surface area contributed by atoms with Crippen LogP contribution in [0.4, 0.5) is 0 Å². The smallest absolute Gasteiger partial charge is 0.233 e. The Labute approximate surface area is 139 Å². The number of hydrogen-bond donors (Lipinski definition) is 0. The van der Waals surface area contributed by atoms with Crippen molar-refractivity contribution in [3.63, 3.8) is 0 Å². The van der Waals surface area contributed by atoms with Gasteiger partial charge in [-0.3, -0.25) is 19.2 Å². The maximum atomic E-state index is 12.5. The summed E-state index contributed by atoms with van der Waals surface area (Å²) in [5.41, 5.74) is 1.79. The number of amides is 2. The standard InChI is InChI=1S/C16H20N4O2S/c1-3-4-14-18-13(10-23-14)9-20-15(21)6-12(16(20)22)5-11-7-17-19(2)8-11/h7-8,10,12H,3-6,9H2,1-2H3/t12-/m0/s1. The van der Waals surface area contributed by atoms with E-state index in [1.165, 1.54) is 4.90 Å². The Kier molecular flexibility index (Phi) is 4.56. The zero-order valence-corrected chi connectivity index (χ0v) is 14.2. The van der Waals surface area contributed by atoms with E-state index in [1.807, 2.05) is 18.6 Å². The molecule has 0 aromatic carbocycles. The first-order chi connectivity index (χ1) is 11.1. The predicted octanol–water partition coefficient (Wildman–Crippen LogP) is 1.95. The molecule has 23 heavy (non-hydrogen) atoms. The minimum atomic E-state index is -0.277. The van der Waals surface area contributed by atoms with Crippen molar-refractivity contribution < 1.29 is 9.59 Å². The van der Waals surface area contributed by atoms with Gasteiger partial charge in [0.1, 0.15) is 0 Å². The predicted molar refractivity (Wildman–Crippen MR) is 86.7 cm³/mol. The van der Waals surface area contributed by atoms with Crippen molar-refractivity contribution in [1.29, 1.82) is 0 Å². The van der Waals surface area contributed by atoms with Gasteiger partial charge >= 0.3 is 0 Å². The molecule has 0 bridgehead atoms. The first-order valence-electron chi connectivity index (χ1n) is 7.81. The minimum absolute atomic E-state index is 0.0936. The molecule has 2 aromatic rings. The van der Waals surface area contributed by atoms with Crippen LogP contribution in [0.3, 0.4) is 0 Å². The first kappa shape index (κ1) is 15.9. The van der Waals surface area contributed by atoms with Gasteiger partial charge in [-0.05, 0) is 24.8 Å². The second-order valence-corrected chi connectivity index (χ2v) is 6.87. The molecule has 1 fully saturated rings. The van der Waals surface area contributed by atoms with Crippen LogP contribution in [0.1, 0.15) is 36.0 Å². The zero-order chi connectivity index (χ0) is 16.4. The van der Waals surface area contributed by atoms with E-state index >= 15 is 0 Å². The number of carbonyl (C=O) groups excluding carboxylic acids is 2. The van der Waals surface area contributed by atoms with Crippen LogP contribution in [0, 0.1) is 5.92 Å². The van der Waals surface area contributed by atoms with Crippen LogP contribution in [0.25, 0.3) is 0 Å². The van der Waals surface area contributed by atoms with Crippen LogP contribution in [-0.4, -0.2) is 31.5 Å². The van der Waals surface area contributed by atoms with Crippen molar-refractivity contribution in [2.75, 3.05) is 0 Å². The van der Waals surface area contributed by atoms with Gasteiger partial charge in [0, 0.05) is 25.0 Å². The molecule has 0 spiro atoms. The van der Waals surface area contributed by atoms with Crippen LogP contribution in [0.2, 0.25) is 0 Å². The summed E-state index contributed by atoms with van der Waals surface area (Å²) in [6, 6.07) is 0. The van der Waals surface area contributed by atoms with Crippen molar-refractivity contribution in [2.45, 2.75) is 39.2 Å². The molecule has 0 N–H and O–H groups in total. The molecule has 6 nitrogen and oxygen atoms in total. The lowest BCUT2D eigenvalue weighted by Gasteiger charge is -2.13. The Balaban J connectivity index is 1.65. The van der Waals surface area contributed by atoms with E-state index in [0.29, 0.717) is 13.0 Å². The van der Waals surface area contributed by atoms with Gasteiger partial charge in [-0.2, -0.15) is 5.10 Å². The maximum Gasteiger partial charge on any atom is 0.233 e. The van der Waals surface area contributed by atoms with Crippen molar-refractivity contribution in [1.82, 2.24) is 19.7 Å². The summed E-state index contributed by atoms with van der Waals surface area (Å²) in [5.74, 6) is -0.474. The number of likely N-dealkylation sites (tertiary alicyclic amines) is 1. The van der Waals surface area contributed by atoms with Crippen molar-refractivity contribution in [2.24, 2.45) is 13.0 Å². The average Bonchev–Trinajstić information content (AvgIpc) is 3.18. The molecule has 0 aliphatic carbocycles. The second kappa shape index (κ2) is 6.62. The van der Waals surface area contributed by atoms with Crippen LogP contribution < -0.4 is 0 Å². The molecule has 1 aliphatic rings. The third-order valence-corrected chi connectivity index (χ3v) is 4.92. The van der Waals surface area contributed by atoms with Crippen LogP contribution in [0.15, 0.2) is 17.8 Å². The summed E-state index contributed by atoms with van der Waals surface area (Å²) in [5, 5.41) is 7.12. The third-order valence-electron chi connectivity index (χ3n) is 3.96. The van der Waals surface area contributed by atoms with E-state index < -0.39 is 0 Å². The van der Waals surface area contributed by atoms with E-state index in [0.717, 1.165) is 29.1 Å². The Morgan fingerprint density at radius 3 is 2.91 bits per heavy atom. The zero-order valence-electron chi connectivity index (χ0n) is 13.4. The van der Waals surface area contributed by atoms with Gasteiger partial charge < -0.3 is 0 Å². The lowest BCUT2D eigenvalue weighted by atomic mass is 10.0. The summed E-state index contributed by atoms with van der Waals surface area (Å²) in [6.07, 6.45) is 6.46. The highest BCUT2D eigenvalue weighted by Gasteiger charge is 2.38. The molecular formula is C16H20N4O2S. The molecule has 3 rings (SSSR count). The highest BCUT2D eigenvalue weighted by molar-refractivity contribution is 7.09. The van der Waals surface area contributed by atoms with E-state index in [1.54, 1.807) is 22.2 Å². The number of nitrogens with zero attached hydrogens (tertiary/aromatic N) is 4.